The van der Waals surface area contributed by atoms with E-state index in [1.165, 1.54) is 0 Å². The monoisotopic (exact) mass is 580 g/mol. The van der Waals surface area contributed by atoms with E-state index < -0.39 is 29.1 Å². The number of unbranched alkanes of at least 4 members (excludes halogenated alkanes) is 1. The van der Waals surface area contributed by atoms with Gasteiger partial charge in [-0.15, -0.1) is 0 Å². The zero-order chi connectivity index (χ0) is 31.2. The number of nitrogens with one attached hydrogen (secondary N) is 1. The van der Waals surface area contributed by atoms with Crippen LogP contribution in [0.5, 0.6) is 11.5 Å². The molecule has 0 unspecified atom stereocenters. The van der Waals surface area contributed by atoms with Gasteiger partial charge >= 0.3 is 5.97 Å². The van der Waals surface area contributed by atoms with E-state index in [-0.39, 0.29) is 24.2 Å². The lowest BCUT2D eigenvalue weighted by molar-refractivity contribution is -0.166. The summed E-state index contributed by atoms with van der Waals surface area (Å²) in [6.07, 6.45) is 2.33. The van der Waals surface area contributed by atoms with Crippen LogP contribution in [-0.4, -0.2) is 68.2 Å². The highest BCUT2D eigenvalue weighted by Gasteiger charge is 2.39. The Kier molecular flexibility index (Phi) is 15.7. The third kappa shape index (κ3) is 13.4. The average molecular weight is 581 g/mol. The largest absolute Gasteiger partial charge is 0.493 e. The average Bonchev–Trinajstić information content (AvgIpc) is 2.87. The van der Waals surface area contributed by atoms with E-state index in [0.29, 0.717) is 44.1 Å². The number of benzene rings is 1. The van der Waals surface area contributed by atoms with Gasteiger partial charge in [0.05, 0.1) is 31.3 Å². The Morgan fingerprint density at radius 1 is 1.05 bits per heavy atom. The van der Waals surface area contributed by atoms with Crippen molar-refractivity contribution in [1.29, 1.82) is 0 Å². The van der Waals surface area contributed by atoms with Gasteiger partial charge in [-0.3, -0.25) is 9.59 Å². The van der Waals surface area contributed by atoms with Crippen molar-refractivity contribution in [3.05, 3.63) is 23.8 Å². The highest BCUT2D eigenvalue weighted by Crippen LogP contribution is 2.34. The van der Waals surface area contributed by atoms with E-state index in [9.17, 15) is 14.7 Å². The van der Waals surface area contributed by atoms with E-state index in [4.69, 9.17) is 24.7 Å². The highest BCUT2D eigenvalue weighted by molar-refractivity contribution is 5.85. The second kappa shape index (κ2) is 17.6. The number of nitrogens with two attached hydrogens (primary N) is 1. The summed E-state index contributed by atoms with van der Waals surface area (Å²) < 4.78 is 22.3. The normalized spacial score (nSPS) is 15.5. The molecule has 1 amide bonds. The van der Waals surface area contributed by atoms with E-state index >= 15 is 0 Å². The highest BCUT2D eigenvalue weighted by atomic mass is 16.6. The molecule has 1 rings (SSSR count). The van der Waals surface area contributed by atoms with Gasteiger partial charge in [-0.05, 0) is 76.5 Å². The van der Waals surface area contributed by atoms with E-state index in [1.807, 2.05) is 25.1 Å². The molecule has 0 bridgehead atoms. The van der Waals surface area contributed by atoms with Crippen molar-refractivity contribution in [2.24, 2.45) is 23.5 Å². The molecule has 4 N–H and O–H groups in total. The summed E-state index contributed by atoms with van der Waals surface area (Å²) in [6, 6.07) is 5.85. The van der Waals surface area contributed by atoms with Crippen LogP contribution in [0, 0.1) is 17.8 Å². The molecule has 236 valence electrons. The van der Waals surface area contributed by atoms with E-state index in [2.05, 4.69) is 19.2 Å². The predicted molar refractivity (Wildman–Crippen MR) is 162 cm³/mol. The zero-order valence-corrected chi connectivity index (χ0v) is 26.9. The number of hydrogen-bond acceptors (Lipinski definition) is 8. The first-order chi connectivity index (χ1) is 19.1. The second-order valence-corrected chi connectivity index (χ2v) is 12.6. The number of carbonyl (C=O) groups excluding carboxylic acids is 2. The minimum Gasteiger partial charge on any atom is -0.493 e. The maximum absolute atomic E-state index is 13.4. The number of aliphatic hydroxyl groups excluding tert-OH is 1. The molecule has 1 aromatic carbocycles. The van der Waals surface area contributed by atoms with Crippen LogP contribution in [0.2, 0.25) is 0 Å². The van der Waals surface area contributed by atoms with Gasteiger partial charge in [-0.1, -0.05) is 33.3 Å². The number of carbonyl (C=O) groups is 2. The van der Waals surface area contributed by atoms with Crippen LogP contribution in [0.3, 0.4) is 0 Å². The second-order valence-electron chi connectivity index (χ2n) is 12.6. The number of methoxy groups -OCH3 is 2. The molecular weight excluding hydrogens is 524 g/mol. The molecule has 0 saturated heterocycles. The van der Waals surface area contributed by atoms with E-state index in [1.54, 1.807) is 41.9 Å². The molecule has 0 aliphatic heterocycles. The van der Waals surface area contributed by atoms with Crippen LogP contribution >= 0.6 is 0 Å². The Labute approximate surface area is 247 Å². The lowest BCUT2D eigenvalue weighted by Crippen LogP contribution is -2.55. The van der Waals surface area contributed by atoms with Crippen LogP contribution in [-0.2, 0) is 25.5 Å². The summed E-state index contributed by atoms with van der Waals surface area (Å²) in [5, 5.41) is 14.2. The van der Waals surface area contributed by atoms with Gasteiger partial charge in [0, 0.05) is 33.1 Å². The van der Waals surface area contributed by atoms with Gasteiger partial charge in [-0.2, -0.15) is 0 Å². The molecule has 0 radical (unpaired) electrons. The summed E-state index contributed by atoms with van der Waals surface area (Å²) in [4.78, 5) is 26.2. The summed E-state index contributed by atoms with van der Waals surface area (Å²) in [5.41, 5.74) is 5.33. The SMILES string of the molecule is CCCCNC(=O)[C@](C)(N)C[C@H](O)[C@H](C[C@@H](Cc1ccc(OC)c(OCCCOC)c1)C(C)C)C(=O)OC(C)(C)C. The summed E-state index contributed by atoms with van der Waals surface area (Å²) in [6.45, 7) is 14.9. The molecule has 9 nitrogen and oxygen atoms in total. The Morgan fingerprint density at radius 2 is 1.73 bits per heavy atom. The first kappa shape index (κ1) is 36.7. The van der Waals surface area contributed by atoms with Crippen molar-refractivity contribution >= 4 is 11.9 Å². The van der Waals surface area contributed by atoms with Crippen LogP contribution in [0.25, 0.3) is 0 Å². The summed E-state index contributed by atoms with van der Waals surface area (Å²) in [7, 11) is 3.27. The number of aliphatic hydroxyl groups is 1. The van der Waals surface area contributed by atoms with Crippen molar-refractivity contribution in [2.75, 3.05) is 34.0 Å². The number of hydrogen-bond donors (Lipinski definition) is 3. The van der Waals surface area contributed by atoms with Crippen molar-refractivity contribution in [1.82, 2.24) is 5.32 Å². The number of ether oxygens (including phenoxy) is 4. The maximum Gasteiger partial charge on any atom is 0.312 e. The van der Waals surface area contributed by atoms with Gasteiger partial charge in [0.1, 0.15) is 5.60 Å². The molecular formula is C32H56N2O7. The number of esters is 1. The fourth-order valence-corrected chi connectivity index (χ4v) is 4.60. The third-order valence-corrected chi connectivity index (χ3v) is 7.12. The molecule has 0 aromatic heterocycles. The van der Waals surface area contributed by atoms with Gasteiger partial charge in [0.2, 0.25) is 5.91 Å². The zero-order valence-electron chi connectivity index (χ0n) is 26.9. The Morgan fingerprint density at radius 3 is 2.29 bits per heavy atom. The van der Waals surface area contributed by atoms with Crippen molar-refractivity contribution < 1.29 is 33.6 Å². The van der Waals surface area contributed by atoms with Crippen LogP contribution < -0.4 is 20.5 Å². The fraction of sp³-hybridized carbons (Fsp3) is 0.750. The lowest BCUT2D eigenvalue weighted by atomic mass is 9.78. The van der Waals surface area contributed by atoms with Crippen molar-refractivity contribution in [2.45, 2.75) is 104 Å². The van der Waals surface area contributed by atoms with Gasteiger partial charge in [-0.25, -0.2) is 0 Å². The topological polar surface area (TPSA) is 129 Å². The number of rotatable bonds is 19. The molecule has 0 heterocycles. The molecule has 41 heavy (non-hydrogen) atoms. The number of amides is 1. The Balaban J connectivity index is 3.19. The first-order valence-electron chi connectivity index (χ1n) is 14.9. The molecule has 0 saturated carbocycles. The molecule has 4 atom stereocenters. The van der Waals surface area contributed by atoms with Crippen molar-refractivity contribution in [3.63, 3.8) is 0 Å². The fourth-order valence-electron chi connectivity index (χ4n) is 4.60. The smallest absolute Gasteiger partial charge is 0.312 e. The molecule has 0 fully saturated rings. The third-order valence-electron chi connectivity index (χ3n) is 7.12. The summed E-state index contributed by atoms with van der Waals surface area (Å²) >= 11 is 0. The maximum atomic E-state index is 13.4. The van der Waals surface area contributed by atoms with Crippen molar-refractivity contribution in [3.8, 4) is 11.5 Å². The Bertz CT molecular complexity index is 927. The standard InChI is InChI=1S/C32H56N2O7/c1-10-11-15-34-30(37)32(7,33)21-26(35)25(29(36)41-31(4,5)6)20-24(22(2)3)18-23-13-14-27(39-9)28(19-23)40-17-12-16-38-8/h13-14,19,22,24-26,35H,10-12,15-18,20-21,33H2,1-9H3,(H,34,37)/t24-,25+,26+,32-/m1/s1. The first-order valence-corrected chi connectivity index (χ1v) is 14.9. The molecule has 0 aliphatic rings. The summed E-state index contributed by atoms with van der Waals surface area (Å²) in [5.74, 6) is -0.161. The Hall–Kier alpha value is -2.36. The molecule has 0 spiro atoms. The molecule has 0 aliphatic carbocycles. The minimum absolute atomic E-state index is 0.0271. The lowest BCUT2D eigenvalue weighted by Gasteiger charge is -2.33. The van der Waals surface area contributed by atoms with Gasteiger partial charge in [0.15, 0.2) is 11.5 Å². The minimum atomic E-state index is -1.34. The van der Waals surface area contributed by atoms with Crippen LogP contribution in [0.4, 0.5) is 0 Å². The predicted octanol–water partition coefficient (Wildman–Crippen LogP) is 4.66. The van der Waals surface area contributed by atoms with E-state index in [0.717, 1.165) is 24.8 Å². The molecule has 1 aromatic rings. The van der Waals surface area contributed by atoms with Gasteiger partial charge < -0.3 is 35.1 Å². The van der Waals surface area contributed by atoms with Crippen LogP contribution in [0.15, 0.2) is 18.2 Å². The molecule has 9 heteroatoms. The van der Waals surface area contributed by atoms with Gasteiger partial charge in [0.25, 0.3) is 0 Å². The van der Waals surface area contributed by atoms with Crippen LogP contribution in [0.1, 0.15) is 86.1 Å². The quantitative estimate of drug-likeness (QED) is 0.159.